The maximum absolute atomic E-state index is 13.4. The van der Waals surface area contributed by atoms with Gasteiger partial charge in [0.25, 0.3) is 11.7 Å². The van der Waals surface area contributed by atoms with Gasteiger partial charge < -0.3 is 19.5 Å². The van der Waals surface area contributed by atoms with Gasteiger partial charge in [0.15, 0.2) is 0 Å². The lowest BCUT2D eigenvalue weighted by molar-refractivity contribution is -0.132. The molecule has 3 aromatic carbocycles. The third-order valence-corrected chi connectivity index (χ3v) is 6.32. The number of esters is 1. The molecule has 1 fully saturated rings. The number of carbonyl (C=O) groups is 3. The number of methoxy groups -OCH3 is 1. The first-order chi connectivity index (χ1) is 18.3. The van der Waals surface area contributed by atoms with Crippen LogP contribution in [0.5, 0.6) is 5.75 Å². The monoisotopic (exact) mass is 514 g/mol. The maximum Gasteiger partial charge on any atom is 0.337 e. The largest absolute Gasteiger partial charge is 0.507 e. The van der Waals surface area contributed by atoms with E-state index in [1.165, 1.54) is 24.1 Å². The minimum absolute atomic E-state index is 0.0303. The average molecular weight is 515 g/mol. The second kappa shape index (κ2) is 11.2. The summed E-state index contributed by atoms with van der Waals surface area (Å²) in [4.78, 5) is 42.0. The summed E-state index contributed by atoms with van der Waals surface area (Å²) in [5.74, 6) is -1.84. The zero-order valence-electron chi connectivity index (χ0n) is 21.8. The number of hydrogen-bond donors (Lipinski definition) is 1. The van der Waals surface area contributed by atoms with Gasteiger partial charge >= 0.3 is 5.97 Å². The Kier molecular flexibility index (Phi) is 7.81. The molecule has 1 amide bonds. The van der Waals surface area contributed by atoms with Crippen molar-refractivity contribution in [2.24, 2.45) is 0 Å². The number of aliphatic hydroxyl groups excluding tert-OH is 1. The van der Waals surface area contributed by atoms with Crippen molar-refractivity contribution in [1.29, 1.82) is 0 Å². The van der Waals surface area contributed by atoms with E-state index in [-0.39, 0.29) is 11.3 Å². The molecule has 0 spiro atoms. The minimum atomic E-state index is -0.893. The van der Waals surface area contributed by atoms with E-state index in [0.29, 0.717) is 34.7 Å². The van der Waals surface area contributed by atoms with Gasteiger partial charge in [-0.15, -0.1) is 0 Å². The Morgan fingerprint density at radius 1 is 0.974 bits per heavy atom. The molecule has 1 atom stereocenters. The summed E-state index contributed by atoms with van der Waals surface area (Å²) >= 11 is 0. The summed E-state index contributed by atoms with van der Waals surface area (Å²) in [5, 5.41) is 11.4. The maximum atomic E-state index is 13.4. The van der Waals surface area contributed by atoms with Crippen molar-refractivity contribution in [1.82, 2.24) is 0 Å². The van der Waals surface area contributed by atoms with E-state index < -0.39 is 23.7 Å². The number of Topliss-reactive ketones (excluding diaryl/α,β-unsaturated/α-hetero) is 1. The molecule has 1 N–H and O–H groups in total. The number of benzene rings is 3. The molecule has 0 aliphatic carbocycles. The van der Waals surface area contributed by atoms with Crippen LogP contribution in [0, 0.1) is 0 Å². The Balaban J connectivity index is 1.86. The molecular formula is C30H30N2O6. The molecule has 8 nitrogen and oxygen atoms in total. The molecule has 1 aliphatic heterocycles. The Morgan fingerprint density at radius 2 is 1.66 bits per heavy atom. The highest BCUT2D eigenvalue weighted by molar-refractivity contribution is 6.51. The average Bonchev–Trinajstić information content (AvgIpc) is 3.21. The molecule has 0 aromatic heterocycles. The number of aliphatic hydroxyl groups is 1. The molecule has 1 heterocycles. The fraction of sp³-hybridized carbons (Fsp3) is 0.233. The van der Waals surface area contributed by atoms with Crippen molar-refractivity contribution < 1.29 is 29.0 Å². The Hall–Kier alpha value is -4.59. The summed E-state index contributed by atoms with van der Waals surface area (Å²) < 4.78 is 10.5. The van der Waals surface area contributed by atoms with E-state index in [2.05, 4.69) is 0 Å². The lowest BCUT2D eigenvalue weighted by atomic mass is 9.94. The summed E-state index contributed by atoms with van der Waals surface area (Å²) in [6.07, 6.45) is 0.818. The SMILES string of the molecule is CCCOc1cccc(/C(O)=C2\C(=O)C(=O)N(c3ccc(C(=O)OC)cc3)C2c2ccc(N(C)C)cc2)c1. The topological polar surface area (TPSA) is 96.4 Å². The molecule has 0 bridgehead atoms. The van der Waals surface area contributed by atoms with Gasteiger partial charge in [0.05, 0.1) is 30.9 Å². The first kappa shape index (κ1) is 26.5. The van der Waals surface area contributed by atoms with Crippen molar-refractivity contribution in [3.05, 3.63) is 95.1 Å². The summed E-state index contributed by atoms with van der Waals surface area (Å²) in [7, 11) is 5.11. The van der Waals surface area contributed by atoms with Gasteiger partial charge in [-0.05, 0) is 60.5 Å². The molecule has 8 heteroatoms. The fourth-order valence-electron chi connectivity index (χ4n) is 4.35. The lowest BCUT2D eigenvalue weighted by Gasteiger charge is -2.26. The Labute approximate surface area is 221 Å². The third kappa shape index (κ3) is 5.11. The molecule has 0 radical (unpaired) electrons. The zero-order chi connectivity index (χ0) is 27.4. The fourth-order valence-corrected chi connectivity index (χ4v) is 4.35. The predicted octanol–water partition coefficient (Wildman–Crippen LogP) is 4.95. The molecule has 38 heavy (non-hydrogen) atoms. The van der Waals surface area contributed by atoms with Crippen molar-refractivity contribution >= 4 is 34.8 Å². The van der Waals surface area contributed by atoms with Crippen LogP contribution >= 0.6 is 0 Å². The first-order valence-electron chi connectivity index (χ1n) is 12.3. The van der Waals surface area contributed by atoms with Crippen LogP contribution in [0.3, 0.4) is 0 Å². The Bertz CT molecular complexity index is 1380. The standard InChI is InChI=1S/C30H30N2O6/c1-5-17-38-24-8-6-7-21(18-24)27(33)25-26(19-9-13-22(14-10-19)31(2)3)32(29(35)28(25)34)23-15-11-20(12-16-23)30(36)37-4/h6-16,18,26,33H,5,17H2,1-4H3/b27-25+. The highest BCUT2D eigenvalue weighted by Crippen LogP contribution is 2.42. The highest BCUT2D eigenvalue weighted by atomic mass is 16.5. The van der Waals surface area contributed by atoms with E-state index in [0.717, 1.165) is 12.1 Å². The van der Waals surface area contributed by atoms with Crippen molar-refractivity contribution in [3.63, 3.8) is 0 Å². The highest BCUT2D eigenvalue weighted by Gasteiger charge is 2.47. The van der Waals surface area contributed by atoms with Crippen LogP contribution in [-0.2, 0) is 14.3 Å². The number of nitrogens with zero attached hydrogens (tertiary/aromatic N) is 2. The zero-order valence-corrected chi connectivity index (χ0v) is 21.8. The van der Waals surface area contributed by atoms with Crippen molar-refractivity contribution in [2.45, 2.75) is 19.4 Å². The lowest BCUT2D eigenvalue weighted by Crippen LogP contribution is -2.29. The molecule has 1 saturated heterocycles. The summed E-state index contributed by atoms with van der Waals surface area (Å²) in [6.45, 7) is 2.50. The number of hydrogen-bond acceptors (Lipinski definition) is 7. The number of anilines is 2. The van der Waals surface area contributed by atoms with Gasteiger partial charge in [-0.2, -0.15) is 0 Å². The number of carbonyl (C=O) groups excluding carboxylic acids is 3. The van der Waals surface area contributed by atoms with Crippen LogP contribution in [0.4, 0.5) is 11.4 Å². The van der Waals surface area contributed by atoms with Crippen LogP contribution in [0.15, 0.2) is 78.4 Å². The minimum Gasteiger partial charge on any atom is -0.507 e. The second-order valence-electron chi connectivity index (χ2n) is 9.07. The van der Waals surface area contributed by atoms with E-state index in [4.69, 9.17) is 9.47 Å². The van der Waals surface area contributed by atoms with Crippen LogP contribution in [0.2, 0.25) is 0 Å². The molecule has 1 aliphatic rings. The van der Waals surface area contributed by atoms with Crippen LogP contribution in [-0.4, -0.2) is 50.6 Å². The van der Waals surface area contributed by atoms with Gasteiger partial charge in [-0.1, -0.05) is 31.2 Å². The van der Waals surface area contributed by atoms with Crippen LogP contribution in [0.1, 0.15) is 40.9 Å². The molecule has 196 valence electrons. The van der Waals surface area contributed by atoms with Gasteiger partial charge in [-0.25, -0.2) is 4.79 Å². The van der Waals surface area contributed by atoms with Crippen molar-refractivity contribution in [3.8, 4) is 5.75 Å². The van der Waals surface area contributed by atoms with Crippen LogP contribution < -0.4 is 14.5 Å². The number of ether oxygens (including phenoxy) is 2. The predicted molar refractivity (Wildman–Crippen MR) is 146 cm³/mol. The van der Waals surface area contributed by atoms with Gasteiger partial charge in [-0.3, -0.25) is 14.5 Å². The molecule has 3 aromatic rings. The smallest absolute Gasteiger partial charge is 0.337 e. The molecule has 1 unspecified atom stereocenters. The number of rotatable bonds is 8. The molecule has 4 rings (SSSR count). The molecule has 0 saturated carbocycles. The van der Waals surface area contributed by atoms with Crippen LogP contribution in [0.25, 0.3) is 5.76 Å². The molecular weight excluding hydrogens is 484 g/mol. The van der Waals surface area contributed by atoms with E-state index in [9.17, 15) is 19.5 Å². The van der Waals surface area contributed by atoms with Gasteiger partial charge in [0.1, 0.15) is 11.5 Å². The quantitative estimate of drug-likeness (QED) is 0.197. The summed E-state index contributed by atoms with van der Waals surface area (Å²) in [6, 6.07) is 19.6. The van der Waals surface area contributed by atoms with E-state index >= 15 is 0 Å². The third-order valence-electron chi connectivity index (χ3n) is 6.32. The van der Waals surface area contributed by atoms with Crippen molar-refractivity contribution in [2.75, 3.05) is 37.6 Å². The number of amides is 1. The van der Waals surface area contributed by atoms with E-state index in [1.54, 1.807) is 36.4 Å². The van der Waals surface area contributed by atoms with Gasteiger partial charge in [0, 0.05) is 31.0 Å². The normalized spacial score (nSPS) is 16.4. The summed E-state index contributed by atoms with van der Waals surface area (Å²) in [5.41, 5.74) is 2.63. The number of ketones is 1. The second-order valence-corrected chi connectivity index (χ2v) is 9.07. The van der Waals surface area contributed by atoms with E-state index in [1.807, 2.05) is 50.2 Å². The Morgan fingerprint density at radius 3 is 2.26 bits per heavy atom. The van der Waals surface area contributed by atoms with Gasteiger partial charge in [0.2, 0.25) is 0 Å². The first-order valence-corrected chi connectivity index (χ1v) is 12.3.